The van der Waals surface area contributed by atoms with Crippen molar-refractivity contribution in [2.45, 2.75) is 27.7 Å². The van der Waals surface area contributed by atoms with E-state index in [1.54, 1.807) is 0 Å². The van der Waals surface area contributed by atoms with Gasteiger partial charge in [0.05, 0.1) is 0 Å². The minimum Gasteiger partial charge on any atom is -0.311 e. The standard InChI is InChI=1S/C44H40N2/c1-33-9-21-39(22-10-33)45(40-23-11-34(2)12-24-40)43-29-17-37(18-30-43)7-5-6-8-38-19-31-44(32-20-38)46(41-25-13-35(3)14-26-41)42-27-15-36(4)16-28-42/h5-32H,1-4H3. The summed E-state index contributed by atoms with van der Waals surface area (Å²) in [6, 6.07) is 52.2. The van der Waals surface area contributed by atoms with Crippen molar-refractivity contribution in [2.24, 2.45) is 0 Å². The molecule has 0 aliphatic carbocycles. The van der Waals surface area contributed by atoms with E-state index in [0.717, 1.165) is 45.3 Å². The molecule has 0 aromatic heterocycles. The summed E-state index contributed by atoms with van der Waals surface area (Å²) in [5.74, 6) is 0. The summed E-state index contributed by atoms with van der Waals surface area (Å²) in [6.07, 6.45) is 8.50. The van der Waals surface area contributed by atoms with Crippen molar-refractivity contribution in [2.75, 3.05) is 9.80 Å². The van der Waals surface area contributed by atoms with E-state index < -0.39 is 0 Å². The average Bonchev–Trinajstić information content (AvgIpc) is 3.08. The van der Waals surface area contributed by atoms with E-state index in [9.17, 15) is 0 Å². The van der Waals surface area contributed by atoms with Gasteiger partial charge in [0, 0.05) is 34.1 Å². The fraction of sp³-hybridized carbons (Fsp3) is 0.0909. The van der Waals surface area contributed by atoms with Crippen LogP contribution in [-0.2, 0) is 0 Å². The van der Waals surface area contributed by atoms with Crippen molar-refractivity contribution in [3.8, 4) is 0 Å². The van der Waals surface area contributed by atoms with Crippen LogP contribution in [0.3, 0.4) is 0 Å². The molecule has 0 saturated carbocycles. The van der Waals surface area contributed by atoms with Gasteiger partial charge >= 0.3 is 0 Å². The molecule has 0 aliphatic rings. The van der Waals surface area contributed by atoms with Crippen LogP contribution in [0, 0.1) is 27.7 Å². The number of aryl methyl sites for hydroxylation is 4. The highest BCUT2D eigenvalue weighted by atomic mass is 15.1. The molecule has 0 radical (unpaired) electrons. The van der Waals surface area contributed by atoms with Crippen LogP contribution < -0.4 is 9.80 Å². The Hall–Kier alpha value is -5.60. The number of allylic oxidation sites excluding steroid dienone is 2. The highest BCUT2D eigenvalue weighted by Crippen LogP contribution is 2.36. The maximum Gasteiger partial charge on any atom is 0.0462 e. The molecule has 226 valence electrons. The molecule has 0 aliphatic heterocycles. The zero-order valence-electron chi connectivity index (χ0n) is 27.1. The summed E-state index contributed by atoms with van der Waals surface area (Å²) in [4.78, 5) is 4.60. The molecule has 6 aromatic rings. The van der Waals surface area contributed by atoms with Gasteiger partial charge in [-0.15, -0.1) is 0 Å². The van der Waals surface area contributed by atoms with Crippen LogP contribution in [-0.4, -0.2) is 0 Å². The summed E-state index contributed by atoms with van der Waals surface area (Å²) in [6.45, 7) is 8.49. The van der Waals surface area contributed by atoms with Crippen molar-refractivity contribution in [1.82, 2.24) is 0 Å². The zero-order valence-corrected chi connectivity index (χ0v) is 27.1. The van der Waals surface area contributed by atoms with Crippen molar-refractivity contribution >= 4 is 46.3 Å². The fourth-order valence-electron chi connectivity index (χ4n) is 5.47. The normalized spacial score (nSPS) is 11.3. The number of nitrogens with zero attached hydrogens (tertiary/aromatic N) is 2. The van der Waals surface area contributed by atoms with Crippen molar-refractivity contribution in [3.05, 3.63) is 191 Å². The van der Waals surface area contributed by atoms with E-state index in [1.165, 1.54) is 22.3 Å². The molecule has 0 heterocycles. The molecule has 0 N–H and O–H groups in total. The molecule has 6 rings (SSSR count). The van der Waals surface area contributed by atoms with E-state index >= 15 is 0 Å². The molecule has 0 fully saturated rings. The summed E-state index contributed by atoms with van der Waals surface area (Å²) in [7, 11) is 0. The van der Waals surface area contributed by atoms with Crippen LogP contribution >= 0.6 is 0 Å². The fourth-order valence-corrected chi connectivity index (χ4v) is 5.47. The summed E-state index contributed by atoms with van der Waals surface area (Å²) in [5, 5.41) is 0. The SMILES string of the molecule is Cc1ccc(N(c2ccc(C)cc2)c2ccc(C=CC=Cc3ccc(N(c4ccc(C)cc4)c4ccc(C)cc4)cc3)cc2)cc1. The minimum absolute atomic E-state index is 1.13. The van der Waals surface area contributed by atoms with Crippen molar-refractivity contribution in [1.29, 1.82) is 0 Å². The van der Waals surface area contributed by atoms with E-state index in [0.29, 0.717) is 0 Å². The maximum absolute atomic E-state index is 2.30. The average molecular weight is 597 g/mol. The summed E-state index contributed by atoms with van der Waals surface area (Å²) in [5.41, 5.74) is 14.2. The van der Waals surface area contributed by atoms with Gasteiger partial charge in [0.2, 0.25) is 0 Å². The third-order valence-corrected chi connectivity index (χ3v) is 8.16. The summed E-state index contributed by atoms with van der Waals surface area (Å²) < 4.78 is 0. The first-order chi connectivity index (χ1) is 22.4. The molecule has 0 saturated heterocycles. The molecule has 0 atom stereocenters. The van der Waals surface area contributed by atoms with Gasteiger partial charge in [-0.25, -0.2) is 0 Å². The number of rotatable bonds is 9. The predicted molar refractivity (Wildman–Crippen MR) is 199 cm³/mol. The Kier molecular flexibility index (Phi) is 9.27. The highest BCUT2D eigenvalue weighted by molar-refractivity contribution is 5.78. The lowest BCUT2D eigenvalue weighted by Gasteiger charge is -2.26. The van der Waals surface area contributed by atoms with Crippen molar-refractivity contribution < 1.29 is 0 Å². The van der Waals surface area contributed by atoms with Gasteiger partial charge in [0.15, 0.2) is 0 Å². The van der Waals surface area contributed by atoms with Crippen LogP contribution in [0.15, 0.2) is 158 Å². The molecule has 0 spiro atoms. The topological polar surface area (TPSA) is 6.48 Å². The van der Waals surface area contributed by atoms with Gasteiger partial charge in [-0.2, -0.15) is 0 Å². The predicted octanol–water partition coefficient (Wildman–Crippen LogP) is 12.6. The van der Waals surface area contributed by atoms with Crippen LogP contribution in [0.4, 0.5) is 34.1 Å². The molecule has 46 heavy (non-hydrogen) atoms. The van der Waals surface area contributed by atoms with Crippen LogP contribution in [0.1, 0.15) is 33.4 Å². The molecular formula is C44H40N2. The molecule has 0 amide bonds. The Morgan fingerprint density at radius 2 is 0.478 bits per heavy atom. The van der Waals surface area contributed by atoms with E-state index in [-0.39, 0.29) is 0 Å². The van der Waals surface area contributed by atoms with Gasteiger partial charge in [-0.1, -0.05) is 119 Å². The summed E-state index contributed by atoms with van der Waals surface area (Å²) >= 11 is 0. The van der Waals surface area contributed by atoms with Gasteiger partial charge in [-0.3, -0.25) is 0 Å². The third-order valence-electron chi connectivity index (χ3n) is 8.16. The van der Waals surface area contributed by atoms with Gasteiger partial charge in [-0.05, 0) is 112 Å². The molecule has 2 nitrogen and oxygen atoms in total. The molecule has 6 aromatic carbocycles. The smallest absolute Gasteiger partial charge is 0.0462 e. The molecule has 0 bridgehead atoms. The van der Waals surface area contributed by atoms with Gasteiger partial charge in [0.25, 0.3) is 0 Å². The monoisotopic (exact) mass is 596 g/mol. The van der Waals surface area contributed by atoms with Gasteiger partial charge < -0.3 is 9.80 Å². The minimum atomic E-state index is 1.13. The quantitative estimate of drug-likeness (QED) is 0.153. The number of anilines is 6. The molecular weight excluding hydrogens is 556 g/mol. The first kappa shape index (κ1) is 30.4. The Labute approximate surface area is 274 Å². The molecule has 2 heteroatoms. The first-order valence-electron chi connectivity index (χ1n) is 15.8. The number of benzene rings is 6. The first-order valence-corrected chi connectivity index (χ1v) is 15.8. The molecule has 0 unspecified atom stereocenters. The van der Waals surface area contributed by atoms with Gasteiger partial charge in [0.1, 0.15) is 0 Å². The third kappa shape index (κ3) is 7.36. The number of hydrogen-bond donors (Lipinski definition) is 0. The zero-order chi connectivity index (χ0) is 31.9. The second-order valence-corrected chi connectivity index (χ2v) is 11.9. The lowest BCUT2D eigenvalue weighted by Crippen LogP contribution is -2.09. The second-order valence-electron chi connectivity index (χ2n) is 11.9. The van der Waals surface area contributed by atoms with E-state index in [2.05, 4.69) is 207 Å². The van der Waals surface area contributed by atoms with Crippen LogP contribution in [0.25, 0.3) is 12.2 Å². The lowest BCUT2D eigenvalue weighted by molar-refractivity contribution is 1.27. The number of hydrogen-bond acceptors (Lipinski definition) is 2. The highest BCUT2D eigenvalue weighted by Gasteiger charge is 2.13. The largest absolute Gasteiger partial charge is 0.311 e. The second kappa shape index (κ2) is 14.0. The Balaban J connectivity index is 1.17. The Bertz CT molecular complexity index is 1670. The van der Waals surface area contributed by atoms with Crippen LogP contribution in [0.2, 0.25) is 0 Å². The van der Waals surface area contributed by atoms with E-state index in [1.807, 2.05) is 0 Å². The van der Waals surface area contributed by atoms with Crippen LogP contribution in [0.5, 0.6) is 0 Å². The van der Waals surface area contributed by atoms with Crippen molar-refractivity contribution in [3.63, 3.8) is 0 Å². The maximum atomic E-state index is 2.30. The lowest BCUT2D eigenvalue weighted by atomic mass is 10.1. The Morgan fingerprint density at radius 1 is 0.283 bits per heavy atom. The van der Waals surface area contributed by atoms with E-state index in [4.69, 9.17) is 0 Å². The Morgan fingerprint density at radius 3 is 0.696 bits per heavy atom.